The zero-order valence-electron chi connectivity index (χ0n) is 18.5. The largest absolute Gasteiger partial charge is 0.495 e. The molecule has 0 heterocycles. The second kappa shape index (κ2) is 10.5. The molecule has 30 heavy (non-hydrogen) atoms. The molecule has 1 N–H and O–H groups in total. The number of amides is 1. The Bertz CT molecular complexity index is 966. The van der Waals surface area contributed by atoms with Gasteiger partial charge in [-0.25, -0.2) is 8.42 Å². The van der Waals surface area contributed by atoms with E-state index in [-0.39, 0.29) is 23.1 Å². The fourth-order valence-electron chi connectivity index (χ4n) is 3.30. The number of carbonyl (C=O) groups is 1. The number of anilines is 1. The lowest BCUT2D eigenvalue weighted by Gasteiger charge is -2.26. The Hall–Kier alpha value is -2.54. The highest BCUT2D eigenvalue weighted by atomic mass is 32.2. The van der Waals surface area contributed by atoms with Gasteiger partial charge in [-0.15, -0.1) is 0 Å². The molecule has 0 spiro atoms. The van der Waals surface area contributed by atoms with Gasteiger partial charge in [-0.1, -0.05) is 31.9 Å². The normalized spacial score (nSPS) is 11.2. The molecule has 2 aromatic rings. The van der Waals surface area contributed by atoms with Gasteiger partial charge in [0.1, 0.15) is 17.2 Å². The van der Waals surface area contributed by atoms with Crippen LogP contribution in [0.1, 0.15) is 42.9 Å². The van der Waals surface area contributed by atoms with Crippen LogP contribution in [0.15, 0.2) is 41.3 Å². The average Bonchev–Trinajstić information content (AvgIpc) is 2.68. The number of benzene rings is 2. The lowest BCUT2D eigenvalue weighted by Crippen LogP contribution is -2.41. The first kappa shape index (κ1) is 23.7. The number of sulfonamides is 1. The van der Waals surface area contributed by atoms with Crippen molar-refractivity contribution in [2.45, 2.75) is 51.9 Å². The molecule has 0 atom stereocenters. The van der Waals surface area contributed by atoms with Gasteiger partial charge >= 0.3 is 0 Å². The van der Waals surface area contributed by atoms with Crippen LogP contribution in [0.25, 0.3) is 0 Å². The highest BCUT2D eigenvalue weighted by Gasteiger charge is 2.30. The van der Waals surface area contributed by atoms with E-state index in [1.165, 1.54) is 11.4 Å². The van der Waals surface area contributed by atoms with E-state index in [0.717, 1.165) is 36.0 Å². The predicted octanol–water partition coefficient (Wildman–Crippen LogP) is 4.12. The third-order valence-electron chi connectivity index (χ3n) is 4.77. The van der Waals surface area contributed by atoms with Crippen molar-refractivity contribution < 1.29 is 17.9 Å². The van der Waals surface area contributed by atoms with Crippen molar-refractivity contribution in [2.24, 2.45) is 0 Å². The van der Waals surface area contributed by atoms with Crippen molar-refractivity contribution in [3.05, 3.63) is 53.1 Å². The van der Waals surface area contributed by atoms with E-state index in [1.54, 1.807) is 30.3 Å². The Kier molecular flexibility index (Phi) is 8.29. The first-order valence-electron chi connectivity index (χ1n) is 10.2. The zero-order valence-corrected chi connectivity index (χ0v) is 19.3. The molecule has 0 aliphatic carbocycles. The van der Waals surface area contributed by atoms with E-state index in [4.69, 9.17) is 4.74 Å². The van der Waals surface area contributed by atoms with Crippen molar-refractivity contribution in [3.8, 4) is 5.75 Å². The minimum atomic E-state index is -4.04. The maximum absolute atomic E-state index is 13.7. The maximum Gasteiger partial charge on any atom is 0.268 e. The minimum absolute atomic E-state index is 0.0444. The molecule has 7 heteroatoms. The number of nitrogens with one attached hydrogen (secondary N) is 1. The Morgan fingerprint density at radius 3 is 2.27 bits per heavy atom. The quantitative estimate of drug-likeness (QED) is 0.573. The fourth-order valence-corrected chi connectivity index (χ4v) is 4.95. The van der Waals surface area contributed by atoms with E-state index < -0.39 is 10.0 Å². The summed E-state index contributed by atoms with van der Waals surface area (Å²) in [7, 11) is -2.60. The number of rotatable bonds is 10. The predicted molar refractivity (Wildman–Crippen MR) is 121 cm³/mol. The van der Waals surface area contributed by atoms with Gasteiger partial charge in [-0.05, 0) is 68.1 Å². The van der Waals surface area contributed by atoms with Crippen LogP contribution in [0.4, 0.5) is 5.69 Å². The summed E-state index contributed by atoms with van der Waals surface area (Å²) in [5, 5.41) is 2.83. The van der Waals surface area contributed by atoms with E-state index in [1.807, 2.05) is 26.8 Å². The van der Waals surface area contributed by atoms with Gasteiger partial charge in [0.05, 0.1) is 12.8 Å². The molecule has 0 saturated carbocycles. The lowest BCUT2D eigenvalue weighted by atomic mass is 10.1. The summed E-state index contributed by atoms with van der Waals surface area (Å²) in [5.74, 6) is -0.0845. The number of methoxy groups -OCH3 is 1. The van der Waals surface area contributed by atoms with Crippen LogP contribution in [0.2, 0.25) is 0 Å². The van der Waals surface area contributed by atoms with Crippen LogP contribution in [-0.4, -0.2) is 34.5 Å². The van der Waals surface area contributed by atoms with Gasteiger partial charge in [-0.2, -0.15) is 0 Å². The second-order valence-corrected chi connectivity index (χ2v) is 9.40. The monoisotopic (exact) mass is 432 g/mol. The Morgan fingerprint density at radius 1 is 1.00 bits per heavy atom. The van der Waals surface area contributed by atoms with Gasteiger partial charge in [0.25, 0.3) is 10.0 Å². The van der Waals surface area contributed by atoms with Crippen molar-refractivity contribution in [1.29, 1.82) is 0 Å². The van der Waals surface area contributed by atoms with E-state index in [2.05, 4.69) is 12.2 Å². The van der Waals surface area contributed by atoms with Crippen LogP contribution in [-0.2, 0) is 14.8 Å². The Balaban J connectivity index is 2.47. The van der Waals surface area contributed by atoms with Gasteiger partial charge in [0.2, 0.25) is 5.91 Å². The van der Waals surface area contributed by atoms with Crippen LogP contribution < -0.4 is 14.4 Å². The van der Waals surface area contributed by atoms with Gasteiger partial charge < -0.3 is 10.1 Å². The van der Waals surface area contributed by atoms with Crippen LogP contribution in [0.5, 0.6) is 5.75 Å². The molecule has 2 aromatic carbocycles. The van der Waals surface area contributed by atoms with Crippen LogP contribution in [0, 0.1) is 20.8 Å². The number of unbranched alkanes of at least 4 members (excludes halogenated alkanes) is 2. The van der Waals surface area contributed by atoms with Crippen molar-refractivity contribution in [3.63, 3.8) is 0 Å². The molecular weight excluding hydrogens is 400 g/mol. The summed E-state index contributed by atoms with van der Waals surface area (Å²) >= 11 is 0. The molecule has 1 amide bonds. The summed E-state index contributed by atoms with van der Waals surface area (Å²) in [6.45, 7) is 7.94. The minimum Gasteiger partial charge on any atom is -0.495 e. The molecular formula is C23H32N2O4S. The molecule has 0 aliphatic heterocycles. The molecule has 0 unspecified atom stereocenters. The third kappa shape index (κ3) is 5.98. The van der Waals surface area contributed by atoms with E-state index >= 15 is 0 Å². The summed E-state index contributed by atoms with van der Waals surface area (Å²) < 4.78 is 33.8. The van der Waals surface area contributed by atoms with Crippen LogP contribution in [0.3, 0.4) is 0 Å². The van der Waals surface area contributed by atoms with Crippen molar-refractivity contribution in [1.82, 2.24) is 5.32 Å². The Morgan fingerprint density at radius 2 is 1.67 bits per heavy atom. The maximum atomic E-state index is 13.7. The van der Waals surface area contributed by atoms with E-state index in [0.29, 0.717) is 12.2 Å². The molecule has 0 aliphatic rings. The van der Waals surface area contributed by atoms with Gasteiger partial charge in [-0.3, -0.25) is 9.10 Å². The fraction of sp³-hybridized carbons (Fsp3) is 0.435. The third-order valence-corrected chi connectivity index (χ3v) is 6.57. The summed E-state index contributed by atoms with van der Waals surface area (Å²) in [4.78, 5) is 12.7. The number of nitrogens with zero attached hydrogens (tertiary/aromatic N) is 1. The zero-order chi connectivity index (χ0) is 22.3. The molecule has 0 aromatic heterocycles. The number of carbonyl (C=O) groups excluding carboxylic acids is 1. The first-order chi connectivity index (χ1) is 14.2. The molecule has 0 saturated heterocycles. The van der Waals surface area contributed by atoms with E-state index in [9.17, 15) is 13.2 Å². The molecule has 0 bridgehead atoms. The summed E-state index contributed by atoms with van der Waals surface area (Å²) in [6, 6.07) is 10.5. The topological polar surface area (TPSA) is 75.7 Å². The average molecular weight is 433 g/mol. The summed E-state index contributed by atoms with van der Waals surface area (Å²) in [5.41, 5.74) is 3.09. The first-order valence-corrected chi connectivity index (χ1v) is 11.7. The van der Waals surface area contributed by atoms with Gasteiger partial charge in [0.15, 0.2) is 0 Å². The second-order valence-electron chi connectivity index (χ2n) is 7.57. The van der Waals surface area contributed by atoms with Gasteiger partial charge in [0, 0.05) is 6.54 Å². The van der Waals surface area contributed by atoms with Crippen molar-refractivity contribution in [2.75, 3.05) is 24.5 Å². The molecule has 0 radical (unpaired) electrons. The highest BCUT2D eigenvalue weighted by Crippen LogP contribution is 2.31. The number of hydrogen-bond acceptors (Lipinski definition) is 4. The van der Waals surface area contributed by atoms with Crippen LogP contribution >= 0.6 is 0 Å². The molecule has 2 rings (SSSR count). The molecule has 164 valence electrons. The number of aryl methyl sites for hydroxylation is 3. The standard InChI is InChI=1S/C23H32N2O4S/c1-6-7-8-11-24-23(26)16-25(20-13-18(3)12-19(4)14-20)30(27,28)22-15-17(2)9-10-21(22)29-5/h9-10,12-15H,6-8,11,16H2,1-5H3,(H,24,26). The molecule has 0 fully saturated rings. The molecule has 6 nitrogen and oxygen atoms in total. The SMILES string of the molecule is CCCCCNC(=O)CN(c1cc(C)cc(C)c1)S(=O)(=O)c1cc(C)ccc1OC. The Labute approximate surface area is 180 Å². The number of hydrogen-bond donors (Lipinski definition) is 1. The smallest absolute Gasteiger partial charge is 0.268 e. The summed E-state index contributed by atoms with van der Waals surface area (Å²) in [6.07, 6.45) is 2.93. The number of ether oxygens (including phenoxy) is 1. The highest BCUT2D eigenvalue weighted by molar-refractivity contribution is 7.93. The lowest BCUT2D eigenvalue weighted by molar-refractivity contribution is -0.119. The van der Waals surface area contributed by atoms with Crippen molar-refractivity contribution >= 4 is 21.6 Å².